The lowest BCUT2D eigenvalue weighted by Crippen LogP contribution is -2.70. The molecule has 0 spiro atoms. The van der Waals surface area contributed by atoms with Gasteiger partial charge in [-0.15, -0.1) is 41.0 Å². The fourth-order valence-electron chi connectivity index (χ4n) is 6.07. The number of aliphatic imine (C=N–C) groups is 4. The lowest BCUT2D eigenvalue weighted by Gasteiger charge is -2.17. The van der Waals surface area contributed by atoms with Gasteiger partial charge >= 0.3 is 0 Å². The Morgan fingerprint density at radius 1 is 0.303 bits per heavy atom. The van der Waals surface area contributed by atoms with E-state index in [2.05, 4.69) is 39.9 Å². The van der Waals surface area contributed by atoms with Gasteiger partial charge in [-0.2, -0.15) is 0 Å². The minimum atomic E-state index is -4.94. The second-order valence-electron chi connectivity index (χ2n) is 15.2. The van der Waals surface area contributed by atoms with Gasteiger partial charge in [0.15, 0.2) is 51.0 Å². The van der Waals surface area contributed by atoms with Crippen molar-refractivity contribution >= 4 is 49.7 Å². The third-order valence-electron chi connectivity index (χ3n) is 8.75. The van der Waals surface area contributed by atoms with Crippen LogP contribution in [0.1, 0.15) is 66.8 Å². The lowest BCUT2D eigenvalue weighted by atomic mass is 10.1. The highest BCUT2D eigenvalue weighted by Crippen LogP contribution is 2.24. The molecule has 0 atom stereocenters. The Morgan fingerprint density at radius 2 is 0.447 bits per heavy atom. The summed E-state index contributed by atoms with van der Waals surface area (Å²) >= 11 is 0. The van der Waals surface area contributed by atoms with Crippen molar-refractivity contribution in [3.8, 4) is 23.0 Å². The first-order valence-electron chi connectivity index (χ1n) is 21.2. The number of halogens is 4. The van der Waals surface area contributed by atoms with Gasteiger partial charge in [-0.25, -0.2) is 94.5 Å². The summed E-state index contributed by atoms with van der Waals surface area (Å²) < 4.78 is 136. The van der Waals surface area contributed by atoms with Crippen molar-refractivity contribution in [3.63, 3.8) is 0 Å². The first kappa shape index (κ1) is 68.0. The number of hydrogen-bond acceptors (Lipinski definition) is 24. The van der Waals surface area contributed by atoms with E-state index in [0.29, 0.717) is 74.6 Å². The van der Waals surface area contributed by atoms with E-state index in [9.17, 15) is 20.4 Å². The van der Waals surface area contributed by atoms with E-state index in [0.717, 1.165) is 44.5 Å². The van der Waals surface area contributed by atoms with E-state index < -0.39 is 41.0 Å². The zero-order valence-corrected chi connectivity index (χ0v) is 43.5. The van der Waals surface area contributed by atoms with Gasteiger partial charge in [0.1, 0.15) is 23.0 Å². The number of nitrogens with zero attached hydrogens (tertiary/aromatic N) is 4. The molecule has 4 aromatic carbocycles. The van der Waals surface area contributed by atoms with Gasteiger partial charge in [-0.1, -0.05) is 0 Å². The van der Waals surface area contributed by atoms with Crippen molar-refractivity contribution < 1.29 is 156 Å². The molecule has 0 unspecified atom stereocenters. The van der Waals surface area contributed by atoms with Crippen LogP contribution in [0.3, 0.4) is 0 Å². The molecule has 32 heteroatoms. The molecular formula is C44H52Cl4N8O20. The largest absolute Gasteiger partial charge is 0.506 e. The second kappa shape index (κ2) is 33.2. The van der Waals surface area contributed by atoms with Crippen LogP contribution in [0.25, 0.3) is 0 Å². The van der Waals surface area contributed by atoms with Crippen molar-refractivity contribution in [1.82, 2.24) is 0 Å². The molecule has 6 rings (SSSR count). The Hall–Kier alpha value is -6.04. The summed E-state index contributed by atoms with van der Waals surface area (Å²) in [6, 6.07) is 15.3. The normalized spacial score (nSPS) is 13.9. The van der Waals surface area contributed by atoms with Gasteiger partial charge in [0.05, 0.1) is 48.4 Å². The number of nitrogens with one attached hydrogen (secondary N) is 4. The van der Waals surface area contributed by atoms with Gasteiger partial charge in [0, 0.05) is 47.1 Å². The van der Waals surface area contributed by atoms with Crippen LogP contribution in [-0.2, 0) is 0 Å². The molecule has 2 heterocycles. The van der Waals surface area contributed by atoms with Crippen molar-refractivity contribution in [2.24, 2.45) is 20.0 Å². The average molecular weight is 1150 g/mol. The molecule has 0 amide bonds. The summed E-state index contributed by atoms with van der Waals surface area (Å²) in [6.45, 7) is 12.6. The maximum Gasteiger partial charge on any atom is 0.172 e. The summed E-state index contributed by atoms with van der Waals surface area (Å²) in [4.78, 5) is 30.3. The van der Waals surface area contributed by atoms with Crippen molar-refractivity contribution in [2.45, 2.75) is 27.7 Å². The highest BCUT2D eigenvalue weighted by Gasteiger charge is 2.12. The fourth-order valence-corrected chi connectivity index (χ4v) is 6.07. The molecule has 0 radical (unpaired) electrons. The summed E-state index contributed by atoms with van der Waals surface area (Å²) in [5, 5.41) is 41.9. The number of aromatic hydroxyl groups is 4. The van der Waals surface area contributed by atoms with E-state index in [-0.39, 0.29) is 23.0 Å². The Balaban J connectivity index is 0.000000561. The first-order valence-corrected chi connectivity index (χ1v) is 26.1. The highest BCUT2D eigenvalue weighted by molar-refractivity contribution is 5.93. The zero-order chi connectivity index (χ0) is 57.9. The summed E-state index contributed by atoms with van der Waals surface area (Å²) in [6.07, 6.45) is 13.9. The Morgan fingerprint density at radius 3 is 0.605 bits per heavy atom. The minimum Gasteiger partial charge on any atom is -0.506 e. The van der Waals surface area contributed by atoms with Crippen LogP contribution in [0, 0.1) is 68.7 Å². The minimum absolute atomic E-state index is 0.210. The molecule has 0 saturated carbocycles. The van der Waals surface area contributed by atoms with Crippen molar-refractivity contribution in [3.05, 3.63) is 115 Å². The number of phenols is 4. The molecule has 28 nitrogen and oxygen atoms in total. The van der Waals surface area contributed by atoms with E-state index in [4.69, 9.17) is 74.5 Å². The lowest BCUT2D eigenvalue weighted by molar-refractivity contribution is -2.00. The molecule has 0 fully saturated rings. The monoisotopic (exact) mass is 1150 g/mol. The van der Waals surface area contributed by atoms with Crippen LogP contribution < -0.4 is 94.5 Å². The summed E-state index contributed by atoms with van der Waals surface area (Å²) in [5.74, 6) is 0.838. The first-order chi connectivity index (χ1) is 35.1. The highest BCUT2D eigenvalue weighted by atomic mass is 35.7. The number of rotatable bonds is 0. The standard InChI is InChI=1S/2C22H24N4O2.4ClHO4/c2*1-15-7-17-11-23-3-5-25-13-19-9-16(2)10-20(22(19)28)14-26-6-4-24-12-18(8-15)21(17)27;4*2-1(3,4)5/h2*7-14,27-28H,3-6H2,1-2H3;4*(H,2,3,4,5). The fraction of sp³-hybridized carbons (Fsp3) is 0.273. The molecular weight excluding hydrogens is 1100 g/mol. The molecule has 0 saturated heterocycles. The molecule has 0 aliphatic carbocycles. The molecule has 416 valence electrons. The van der Waals surface area contributed by atoms with E-state index in [1.165, 1.54) is 0 Å². The maximum atomic E-state index is 10.5. The third kappa shape index (κ3) is 34.5. The Labute approximate surface area is 442 Å². The van der Waals surface area contributed by atoms with Gasteiger partial charge in [0.25, 0.3) is 0 Å². The molecule has 4 aromatic rings. The number of phenolic OH excluding ortho intramolecular Hbond substituents is 4. The van der Waals surface area contributed by atoms with E-state index in [1.807, 2.05) is 76.2 Å². The Kier molecular flexibility index (Phi) is 29.7. The van der Waals surface area contributed by atoms with Crippen LogP contribution in [0.15, 0.2) is 68.5 Å². The molecule has 2 aliphatic heterocycles. The zero-order valence-electron chi connectivity index (χ0n) is 40.5. The smallest absolute Gasteiger partial charge is 0.172 e. The van der Waals surface area contributed by atoms with Crippen LogP contribution in [0.4, 0.5) is 0 Å². The average Bonchev–Trinajstić information content (AvgIpc) is 3.25. The maximum absolute atomic E-state index is 10.5. The molecule has 8 bridgehead atoms. The summed E-state index contributed by atoms with van der Waals surface area (Å²) in [5.41, 5.74) is 9.86. The van der Waals surface area contributed by atoms with Crippen LogP contribution in [0.5, 0.6) is 23.0 Å². The van der Waals surface area contributed by atoms with Gasteiger partial charge in [0.2, 0.25) is 0 Å². The van der Waals surface area contributed by atoms with Crippen molar-refractivity contribution in [2.75, 3.05) is 52.4 Å². The number of aryl methyl sites for hydroxylation is 4. The molecule has 2 aliphatic rings. The predicted molar refractivity (Wildman–Crippen MR) is 225 cm³/mol. The van der Waals surface area contributed by atoms with Crippen LogP contribution in [0.2, 0.25) is 0 Å². The van der Waals surface area contributed by atoms with Crippen molar-refractivity contribution in [1.29, 1.82) is 0 Å². The summed E-state index contributed by atoms with van der Waals surface area (Å²) in [7, 11) is -19.8. The molecule has 76 heavy (non-hydrogen) atoms. The number of hydrogen-bond donors (Lipinski definition) is 8. The third-order valence-corrected chi connectivity index (χ3v) is 8.75. The van der Waals surface area contributed by atoms with Gasteiger partial charge in [-0.3, -0.25) is 20.0 Å². The number of fused-ring (bicyclic) bond motifs is 8. The van der Waals surface area contributed by atoms with E-state index >= 15 is 0 Å². The second-order valence-corrected chi connectivity index (χ2v) is 18.2. The van der Waals surface area contributed by atoms with E-state index in [1.54, 1.807) is 49.7 Å². The van der Waals surface area contributed by atoms with Gasteiger partial charge < -0.3 is 20.4 Å². The molecule has 0 aromatic heterocycles. The topological polar surface area (TPSA) is 555 Å². The predicted octanol–water partition coefficient (Wildman–Crippen LogP) is -20.5. The Bertz CT molecular complexity index is 2190. The van der Waals surface area contributed by atoms with Crippen LogP contribution in [-0.4, -0.2) is 123 Å². The molecule has 8 N–H and O–H groups in total. The SMILES string of the molecule is Cc1cc2c(O)c(c1)C=[NH+]CCN=Cc1cc(C)cc(c1O)C=[NH+]CCN=C2.Cc1cc2c(O)c(c1)C=[NH+]CCN=Cc1cc(C)cc(c1O)C=[NH+]CCN=C2.[O-][Cl+3]([O-])([O-])[O-].[O-][Cl+3]([O-])([O-])[O-].[O-][Cl+3]([O-])([O-])[O-].[O-][Cl+3]([O-])([O-])[O-]. The number of benzene rings is 4. The van der Waals surface area contributed by atoms with Gasteiger partial charge in [-0.05, 0) is 98.5 Å². The van der Waals surface area contributed by atoms with Crippen LogP contribution >= 0.6 is 0 Å². The quantitative estimate of drug-likeness (QED) is 0.0810.